The molecule has 0 spiro atoms. The van der Waals surface area contributed by atoms with E-state index in [2.05, 4.69) is 17.4 Å². The second-order valence-corrected chi connectivity index (χ2v) is 5.26. The van der Waals surface area contributed by atoms with E-state index in [0.29, 0.717) is 0 Å². The van der Waals surface area contributed by atoms with Gasteiger partial charge in [-0.1, -0.05) is 49.6 Å². The molecular formula is C16H23NO2. The van der Waals surface area contributed by atoms with Crippen molar-refractivity contribution >= 4 is 5.91 Å². The Hall–Kier alpha value is -1.35. The van der Waals surface area contributed by atoms with Crippen LogP contribution >= 0.6 is 0 Å². The average molecular weight is 261 g/mol. The Balaban J connectivity index is 1.86. The molecular weight excluding hydrogens is 238 g/mol. The van der Waals surface area contributed by atoms with E-state index in [9.17, 15) is 4.79 Å². The van der Waals surface area contributed by atoms with Gasteiger partial charge < -0.3 is 10.1 Å². The van der Waals surface area contributed by atoms with Gasteiger partial charge in [-0.3, -0.25) is 4.79 Å². The summed E-state index contributed by atoms with van der Waals surface area (Å²) in [5.41, 5.74) is 1.18. The van der Waals surface area contributed by atoms with Crippen LogP contribution in [0.4, 0.5) is 0 Å². The van der Waals surface area contributed by atoms with E-state index in [1.807, 2.05) is 18.2 Å². The Morgan fingerprint density at radius 1 is 1.26 bits per heavy atom. The SMILES string of the molecule is COC(Cc1ccccc1)NC(=O)C1CCCCC1. The summed E-state index contributed by atoms with van der Waals surface area (Å²) in [4.78, 5) is 12.2. The summed E-state index contributed by atoms with van der Waals surface area (Å²) >= 11 is 0. The van der Waals surface area contributed by atoms with Crippen molar-refractivity contribution in [2.45, 2.75) is 44.8 Å². The number of carbonyl (C=O) groups is 1. The quantitative estimate of drug-likeness (QED) is 0.828. The molecule has 1 aliphatic carbocycles. The first-order valence-electron chi connectivity index (χ1n) is 7.16. The van der Waals surface area contributed by atoms with Crippen molar-refractivity contribution in [3.8, 4) is 0 Å². The highest BCUT2D eigenvalue weighted by Gasteiger charge is 2.23. The summed E-state index contributed by atoms with van der Waals surface area (Å²) in [7, 11) is 1.65. The maximum Gasteiger partial charge on any atom is 0.225 e. The molecule has 2 rings (SSSR count). The van der Waals surface area contributed by atoms with Crippen LogP contribution in [-0.2, 0) is 16.0 Å². The molecule has 1 unspecified atom stereocenters. The lowest BCUT2D eigenvalue weighted by Crippen LogP contribution is -2.41. The maximum absolute atomic E-state index is 12.2. The molecule has 0 saturated heterocycles. The van der Waals surface area contributed by atoms with Crippen LogP contribution in [0, 0.1) is 5.92 Å². The summed E-state index contributed by atoms with van der Waals surface area (Å²) < 4.78 is 5.38. The van der Waals surface area contributed by atoms with Crippen LogP contribution in [0.2, 0.25) is 0 Å². The fourth-order valence-corrected chi connectivity index (χ4v) is 2.66. The van der Waals surface area contributed by atoms with Crippen molar-refractivity contribution in [3.05, 3.63) is 35.9 Å². The number of hydrogen-bond acceptors (Lipinski definition) is 2. The topological polar surface area (TPSA) is 38.3 Å². The van der Waals surface area contributed by atoms with E-state index in [0.717, 1.165) is 19.3 Å². The summed E-state index contributed by atoms with van der Waals surface area (Å²) in [5, 5.41) is 3.02. The molecule has 1 amide bonds. The third-order valence-corrected chi connectivity index (χ3v) is 3.83. The van der Waals surface area contributed by atoms with Crippen LogP contribution in [0.1, 0.15) is 37.7 Å². The summed E-state index contributed by atoms with van der Waals surface area (Å²) in [5.74, 6) is 0.338. The van der Waals surface area contributed by atoms with Gasteiger partial charge in [0.25, 0.3) is 0 Å². The van der Waals surface area contributed by atoms with E-state index < -0.39 is 0 Å². The van der Waals surface area contributed by atoms with Gasteiger partial charge in [0.05, 0.1) is 0 Å². The number of ether oxygens (including phenoxy) is 1. The van der Waals surface area contributed by atoms with Crippen LogP contribution < -0.4 is 5.32 Å². The van der Waals surface area contributed by atoms with Gasteiger partial charge in [-0.15, -0.1) is 0 Å². The second kappa shape index (κ2) is 7.29. The molecule has 1 aromatic rings. The van der Waals surface area contributed by atoms with Crippen LogP contribution in [0.15, 0.2) is 30.3 Å². The predicted molar refractivity (Wildman–Crippen MR) is 75.7 cm³/mol. The number of amides is 1. The molecule has 3 heteroatoms. The Bertz CT molecular complexity index is 385. The Labute approximate surface area is 115 Å². The molecule has 1 saturated carbocycles. The minimum absolute atomic E-state index is 0.155. The van der Waals surface area contributed by atoms with Gasteiger partial charge in [0.15, 0.2) is 0 Å². The molecule has 1 fully saturated rings. The summed E-state index contributed by atoms with van der Waals surface area (Å²) in [6.07, 6.45) is 6.15. The highest BCUT2D eigenvalue weighted by atomic mass is 16.5. The maximum atomic E-state index is 12.2. The normalized spacial score (nSPS) is 17.9. The zero-order valence-corrected chi connectivity index (χ0v) is 11.6. The van der Waals surface area contributed by atoms with Crippen molar-refractivity contribution in [2.24, 2.45) is 5.92 Å². The monoisotopic (exact) mass is 261 g/mol. The van der Waals surface area contributed by atoms with Gasteiger partial charge in [0.1, 0.15) is 6.23 Å². The van der Waals surface area contributed by atoms with Gasteiger partial charge in [-0.25, -0.2) is 0 Å². The molecule has 1 N–H and O–H groups in total. The van der Waals surface area contributed by atoms with Crippen molar-refractivity contribution in [1.29, 1.82) is 0 Å². The molecule has 104 valence electrons. The van der Waals surface area contributed by atoms with E-state index in [1.165, 1.54) is 24.8 Å². The number of rotatable bonds is 5. The Morgan fingerprint density at radius 2 is 1.95 bits per heavy atom. The smallest absolute Gasteiger partial charge is 0.225 e. The lowest BCUT2D eigenvalue weighted by atomic mass is 9.88. The molecule has 3 nitrogen and oxygen atoms in total. The first-order valence-corrected chi connectivity index (χ1v) is 7.16. The Kier molecular flexibility index (Phi) is 5.40. The van der Waals surface area contributed by atoms with Crippen molar-refractivity contribution in [1.82, 2.24) is 5.32 Å². The van der Waals surface area contributed by atoms with Gasteiger partial charge in [-0.2, -0.15) is 0 Å². The molecule has 0 heterocycles. The second-order valence-electron chi connectivity index (χ2n) is 5.26. The zero-order valence-electron chi connectivity index (χ0n) is 11.6. The average Bonchev–Trinajstić information content (AvgIpc) is 2.48. The lowest BCUT2D eigenvalue weighted by molar-refractivity contribution is -0.129. The minimum atomic E-state index is -0.225. The highest BCUT2D eigenvalue weighted by molar-refractivity contribution is 5.78. The standard InChI is InChI=1S/C16H23NO2/c1-19-15(12-13-8-4-2-5-9-13)17-16(18)14-10-6-3-7-11-14/h2,4-5,8-9,14-15H,3,6-7,10-12H2,1H3,(H,17,18). The number of benzene rings is 1. The van der Waals surface area contributed by atoms with Crippen LogP contribution in [0.25, 0.3) is 0 Å². The highest BCUT2D eigenvalue weighted by Crippen LogP contribution is 2.23. The fraction of sp³-hybridized carbons (Fsp3) is 0.562. The van der Waals surface area contributed by atoms with Gasteiger partial charge in [0.2, 0.25) is 5.91 Å². The number of nitrogens with one attached hydrogen (secondary N) is 1. The van der Waals surface area contributed by atoms with Crippen molar-refractivity contribution in [3.63, 3.8) is 0 Å². The van der Waals surface area contributed by atoms with Crippen LogP contribution in [-0.4, -0.2) is 19.2 Å². The van der Waals surface area contributed by atoms with E-state index in [1.54, 1.807) is 7.11 Å². The third kappa shape index (κ3) is 4.35. The lowest BCUT2D eigenvalue weighted by Gasteiger charge is -2.24. The molecule has 0 aromatic heterocycles. The molecule has 1 aliphatic rings. The van der Waals surface area contributed by atoms with Crippen LogP contribution in [0.5, 0.6) is 0 Å². The minimum Gasteiger partial charge on any atom is -0.361 e. The molecule has 1 atom stereocenters. The molecule has 1 aromatic carbocycles. The first-order chi connectivity index (χ1) is 9.29. The molecule has 0 aliphatic heterocycles. The zero-order chi connectivity index (χ0) is 13.5. The molecule has 19 heavy (non-hydrogen) atoms. The predicted octanol–water partition coefficient (Wildman–Crippen LogP) is 2.90. The van der Waals surface area contributed by atoms with E-state index in [-0.39, 0.29) is 18.1 Å². The number of carbonyl (C=O) groups excluding carboxylic acids is 1. The first kappa shape index (κ1) is 14.1. The molecule has 0 bridgehead atoms. The van der Waals surface area contributed by atoms with Gasteiger partial charge >= 0.3 is 0 Å². The van der Waals surface area contributed by atoms with Crippen molar-refractivity contribution in [2.75, 3.05) is 7.11 Å². The van der Waals surface area contributed by atoms with Crippen molar-refractivity contribution < 1.29 is 9.53 Å². The third-order valence-electron chi connectivity index (χ3n) is 3.83. The number of methoxy groups -OCH3 is 1. The Morgan fingerprint density at radius 3 is 2.58 bits per heavy atom. The fourth-order valence-electron chi connectivity index (χ4n) is 2.66. The number of hydrogen-bond donors (Lipinski definition) is 1. The summed E-state index contributed by atoms with van der Waals surface area (Å²) in [6.45, 7) is 0. The molecule has 0 radical (unpaired) electrons. The van der Waals surface area contributed by atoms with Gasteiger partial charge in [-0.05, 0) is 18.4 Å². The van der Waals surface area contributed by atoms with Crippen LogP contribution in [0.3, 0.4) is 0 Å². The largest absolute Gasteiger partial charge is 0.361 e. The van der Waals surface area contributed by atoms with E-state index >= 15 is 0 Å². The van der Waals surface area contributed by atoms with E-state index in [4.69, 9.17) is 4.74 Å². The van der Waals surface area contributed by atoms with Gasteiger partial charge in [0, 0.05) is 19.4 Å². The summed E-state index contributed by atoms with van der Waals surface area (Å²) in [6, 6.07) is 10.1.